The van der Waals surface area contributed by atoms with Crippen LogP contribution >= 0.6 is 0 Å². The third kappa shape index (κ3) is 3.24. The molecule has 4 rings (SSSR count). The number of aromatic nitrogens is 1. The molecule has 1 atom stereocenters. The van der Waals surface area contributed by atoms with Crippen molar-refractivity contribution in [2.24, 2.45) is 5.73 Å². The van der Waals surface area contributed by atoms with Crippen molar-refractivity contribution in [3.63, 3.8) is 0 Å². The molecule has 2 aromatic carbocycles. The van der Waals surface area contributed by atoms with Crippen LogP contribution in [0.1, 0.15) is 22.8 Å². The van der Waals surface area contributed by atoms with Gasteiger partial charge in [-0.1, -0.05) is 36.4 Å². The fourth-order valence-corrected chi connectivity index (χ4v) is 3.20. The van der Waals surface area contributed by atoms with Crippen molar-refractivity contribution in [3.8, 4) is 5.75 Å². The number of benzene rings is 2. The van der Waals surface area contributed by atoms with Gasteiger partial charge in [-0.05, 0) is 34.9 Å². The van der Waals surface area contributed by atoms with E-state index in [4.69, 9.17) is 10.5 Å². The number of pyridine rings is 1. The number of rotatable bonds is 4. The van der Waals surface area contributed by atoms with Crippen LogP contribution < -0.4 is 15.4 Å². The van der Waals surface area contributed by atoms with E-state index in [9.17, 15) is 4.79 Å². The number of anilines is 1. The van der Waals surface area contributed by atoms with Crippen molar-refractivity contribution in [1.29, 1.82) is 0 Å². The van der Waals surface area contributed by atoms with Crippen molar-refractivity contribution in [2.75, 3.05) is 4.90 Å². The lowest BCUT2D eigenvalue weighted by atomic mass is 10.0. The van der Waals surface area contributed by atoms with Gasteiger partial charge in [0.25, 0.3) is 0 Å². The molecule has 1 aliphatic heterocycles. The van der Waals surface area contributed by atoms with Crippen LogP contribution in [0.15, 0.2) is 73.1 Å². The molecule has 0 unspecified atom stereocenters. The smallest absolute Gasteiger partial charge is 0.319 e. The van der Waals surface area contributed by atoms with E-state index in [1.165, 1.54) is 4.90 Å². The first-order valence-electron chi connectivity index (χ1n) is 8.51. The zero-order chi connectivity index (χ0) is 17.9. The van der Waals surface area contributed by atoms with E-state index >= 15 is 0 Å². The SMILES string of the molecule is NC(=O)N(Cc1ccncc1)c1ccc2c(c1)O[C@H](c1ccccc1)C2. The Labute approximate surface area is 152 Å². The Morgan fingerprint density at radius 3 is 2.62 bits per heavy atom. The van der Waals surface area contributed by atoms with Crippen LogP contribution in [0.3, 0.4) is 0 Å². The predicted molar refractivity (Wildman–Crippen MR) is 100.0 cm³/mol. The minimum Gasteiger partial charge on any atom is -0.485 e. The largest absolute Gasteiger partial charge is 0.485 e. The van der Waals surface area contributed by atoms with Gasteiger partial charge in [-0.3, -0.25) is 9.88 Å². The molecule has 130 valence electrons. The van der Waals surface area contributed by atoms with Gasteiger partial charge in [-0.2, -0.15) is 0 Å². The van der Waals surface area contributed by atoms with Crippen molar-refractivity contribution in [2.45, 2.75) is 19.1 Å². The molecule has 0 fully saturated rings. The van der Waals surface area contributed by atoms with Crippen LogP contribution in [0, 0.1) is 0 Å². The number of nitrogens with zero attached hydrogens (tertiary/aromatic N) is 2. The maximum Gasteiger partial charge on any atom is 0.319 e. The third-order valence-corrected chi connectivity index (χ3v) is 4.56. The Morgan fingerprint density at radius 1 is 1.12 bits per heavy atom. The second-order valence-electron chi connectivity index (χ2n) is 6.29. The number of urea groups is 1. The summed E-state index contributed by atoms with van der Waals surface area (Å²) < 4.78 is 6.12. The highest BCUT2D eigenvalue weighted by molar-refractivity contribution is 5.91. The normalized spacial score (nSPS) is 15.2. The van der Waals surface area contributed by atoms with E-state index in [0.29, 0.717) is 6.54 Å². The standard InChI is InChI=1S/C21H19N3O2/c22-21(25)24(14-15-8-10-23-11-9-15)18-7-6-17-12-19(26-20(17)13-18)16-4-2-1-3-5-16/h1-11,13,19H,12,14H2,(H2,22,25)/t19-/m0/s1. The average Bonchev–Trinajstić information content (AvgIpc) is 3.11. The molecule has 0 aliphatic carbocycles. The molecule has 0 bridgehead atoms. The summed E-state index contributed by atoms with van der Waals surface area (Å²) in [6.07, 6.45) is 4.22. The van der Waals surface area contributed by atoms with Gasteiger partial charge in [0.15, 0.2) is 0 Å². The molecule has 2 heterocycles. The van der Waals surface area contributed by atoms with Crippen LogP contribution in [0.4, 0.5) is 10.5 Å². The van der Waals surface area contributed by atoms with E-state index in [0.717, 1.165) is 34.5 Å². The summed E-state index contributed by atoms with van der Waals surface area (Å²) in [7, 11) is 0. The molecule has 1 aliphatic rings. The molecule has 0 saturated heterocycles. The summed E-state index contributed by atoms with van der Waals surface area (Å²) in [6, 6.07) is 19.2. The van der Waals surface area contributed by atoms with Crippen LogP contribution in [0.25, 0.3) is 0 Å². The summed E-state index contributed by atoms with van der Waals surface area (Å²) in [5.74, 6) is 0.803. The van der Waals surface area contributed by atoms with Crippen molar-refractivity contribution >= 4 is 11.7 Å². The van der Waals surface area contributed by atoms with Crippen LogP contribution in [0.2, 0.25) is 0 Å². The number of nitrogens with two attached hydrogens (primary N) is 1. The molecule has 0 spiro atoms. The molecular formula is C21H19N3O2. The van der Waals surface area contributed by atoms with E-state index in [1.54, 1.807) is 12.4 Å². The Bertz CT molecular complexity index is 913. The first-order chi connectivity index (χ1) is 12.7. The summed E-state index contributed by atoms with van der Waals surface area (Å²) in [4.78, 5) is 17.5. The Hall–Kier alpha value is -3.34. The topological polar surface area (TPSA) is 68.5 Å². The zero-order valence-electron chi connectivity index (χ0n) is 14.2. The lowest BCUT2D eigenvalue weighted by Crippen LogP contribution is -2.35. The van der Waals surface area contributed by atoms with Gasteiger partial charge >= 0.3 is 6.03 Å². The van der Waals surface area contributed by atoms with Gasteiger partial charge in [0, 0.05) is 30.6 Å². The Morgan fingerprint density at radius 2 is 1.88 bits per heavy atom. The highest BCUT2D eigenvalue weighted by atomic mass is 16.5. The second-order valence-corrected chi connectivity index (χ2v) is 6.29. The fourth-order valence-electron chi connectivity index (χ4n) is 3.20. The van der Waals surface area contributed by atoms with Crippen LogP contribution in [0.5, 0.6) is 5.75 Å². The summed E-state index contributed by atoms with van der Waals surface area (Å²) in [5.41, 5.74) is 9.58. The van der Waals surface area contributed by atoms with E-state index in [1.807, 2.05) is 48.5 Å². The minimum atomic E-state index is -0.501. The van der Waals surface area contributed by atoms with Gasteiger partial charge in [0.1, 0.15) is 11.9 Å². The average molecular weight is 345 g/mol. The first kappa shape index (κ1) is 16.1. The lowest BCUT2D eigenvalue weighted by Gasteiger charge is -2.21. The van der Waals surface area contributed by atoms with Gasteiger partial charge < -0.3 is 10.5 Å². The van der Waals surface area contributed by atoms with Gasteiger partial charge in [0.2, 0.25) is 0 Å². The Kier molecular flexibility index (Phi) is 4.27. The highest BCUT2D eigenvalue weighted by Gasteiger charge is 2.25. The molecule has 2 amide bonds. The second kappa shape index (κ2) is 6.88. The summed E-state index contributed by atoms with van der Waals surface area (Å²) in [6.45, 7) is 0.388. The molecular weight excluding hydrogens is 326 g/mol. The molecule has 0 radical (unpaired) electrons. The third-order valence-electron chi connectivity index (χ3n) is 4.56. The summed E-state index contributed by atoms with van der Waals surface area (Å²) >= 11 is 0. The number of hydrogen-bond acceptors (Lipinski definition) is 3. The van der Waals surface area contributed by atoms with Crippen molar-refractivity contribution in [1.82, 2.24) is 4.98 Å². The van der Waals surface area contributed by atoms with E-state index in [-0.39, 0.29) is 6.10 Å². The van der Waals surface area contributed by atoms with E-state index in [2.05, 4.69) is 17.1 Å². The number of carbonyl (C=O) groups excluding carboxylic acids is 1. The number of fused-ring (bicyclic) bond motifs is 1. The molecule has 3 aromatic rings. The number of hydrogen-bond donors (Lipinski definition) is 1. The van der Waals surface area contributed by atoms with E-state index < -0.39 is 6.03 Å². The minimum absolute atomic E-state index is 0.00340. The molecule has 5 nitrogen and oxygen atoms in total. The quantitative estimate of drug-likeness (QED) is 0.781. The zero-order valence-corrected chi connectivity index (χ0v) is 14.2. The summed E-state index contributed by atoms with van der Waals surface area (Å²) in [5, 5.41) is 0. The monoisotopic (exact) mass is 345 g/mol. The predicted octanol–water partition coefficient (Wildman–Crippen LogP) is 3.84. The van der Waals surface area contributed by atoms with Crippen LogP contribution in [-0.4, -0.2) is 11.0 Å². The molecule has 1 aromatic heterocycles. The molecule has 2 N–H and O–H groups in total. The number of ether oxygens (including phenoxy) is 1. The maximum atomic E-state index is 12.0. The number of primary amides is 1. The number of carbonyl (C=O) groups is 1. The van der Waals surface area contributed by atoms with Crippen molar-refractivity contribution in [3.05, 3.63) is 89.7 Å². The number of amides is 2. The first-order valence-corrected chi connectivity index (χ1v) is 8.51. The lowest BCUT2D eigenvalue weighted by molar-refractivity contribution is 0.238. The maximum absolute atomic E-state index is 12.0. The van der Waals surface area contributed by atoms with Crippen LogP contribution in [-0.2, 0) is 13.0 Å². The van der Waals surface area contributed by atoms with Crippen molar-refractivity contribution < 1.29 is 9.53 Å². The molecule has 0 saturated carbocycles. The van der Waals surface area contributed by atoms with Gasteiger partial charge in [-0.15, -0.1) is 0 Å². The molecule has 26 heavy (non-hydrogen) atoms. The molecule has 5 heteroatoms. The van der Waals surface area contributed by atoms with Gasteiger partial charge in [0.05, 0.1) is 6.54 Å². The van der Waals surface area contributed by atoms with Gasteiger partial charge in [-0.25, -0.2) is 4.79 Å². The highest BCUT2D eigenvalue weighted by Crippen LogP contribution is 2.39. The Balaban J connectivity index is 1.58. The fraction of sp³-hybridized carbons (Fsp3) is 0.143.